The summed E-state index contributed by atoms with van der Waals surface area (Å²) in [5, 5.41) is 2.90. The van der Waals surface area contributed by atoms with Crippen molar-refractivity contribution in [1.29, 1.82) is 0 Å². The molecule has 0 saturated heterocycles. The molecule has 1 aromatic heterocycles. The number of nitrogens with two attached hydrogens (primary N) is 1. The number of carbonyl (C=O) groups excluding carboxylic acids is 1. The molecule has 1 amide bonds. The summed E-state index contributed by atoms with van der Waals surface area (Å²) in [5.74, 6) is -0.215. The lowest BCUT2D eigenvalue weighted by Gasteiger charge is -2.14. The van der Waals surface area contributed by atoms with Gasteiger partial charge in [0, 0.05) is 4.47 Å². The fourth-order valence-corrected chi connectivity index (χ4v) is 2.09. The number of carbonyl (C=O) groups is 1. The average Bonchev–Trinajstić information content (AvgIpc) is 2.39. The Balaban J connectivity index is 2.08. The second-order valence-electron chi connectivity index (χ2n) is 4.23. The Kier molecular flexibility index (Phi) is 4.16. The van der Waals surface area contributed by atoms with Gasteiger partial charge < -0.3 is 11.1 Å². The van der Waals surface area contributed by atoms with Crippen molar-refractivity contribution in [3.8, 4) is 0 Å². The van der Waals surface area contributed by atoms with E-state index in [-0.39, 0.29) is 11.9 Å². The molecule has 98 valence electrons. The standard InChI is InChI=1S/C14H14BrN3O/c1-9(10-3-2-4-11(15)7-10)18-14(19)13-6-5-12(16)8-17-13/h2-9H,16H2,1H3,(H,18,19)/t9-/m0/s1. The molecule has 0 aliphatic carbocycles. The molecule has 19 heavy (non-hydrogen) atoms. The molecular formula is C14H14BrN3O. The zero-order valence-corrected chi connectivity index (χ0v) is 12.0. The third-order valence-electron chi connectivity index (χ3n) is 2.72. The summed E-state index contributed by atoms with van der Waals surface area (Å²) < 4.78 is 0.983. The average molecular weight is 320 g/mol. The molecule has 1 atom stereocenters. The number of hydrogen-bond acceptors (Lipinski definition) is 3. The Morgan fingerprint density at radius 2 is 2.16 bits per heavy atom. The molecule has 0 aliphatic rings. The van der Waals surface area contributed by atoms with Crippen molar-refractivity contribution in [2.24, 2.45) is 0 Å². The third kappa shape index (κ3) is 3.54. The molecular weight excluding hydrogens is 306 g/mol. The Bertz CT molecular complexity index is 583. The lowest BCUT2D eigenvalue weighted by atomic mass is 10.1. The minimum Gasteiger partial charge on any atom is -0.397 e. The molecule has 2 aromatic rings. The van der Waals surface area contributed by atoms with Gasteiger partial charge in [-0.25, -0.2) is 4.98 Å². The van der Waals surface area contributed by atoms with Crippen LogP contribution in [0.3, 0.4) is 0 Å². The van der Waals surface area contributed by atoms with Crippen LogP contribution >= 0.6 is 15.9 Å². The first-order valence-corrected chi connectivity index (χ1v) is 6.63. The Labute approximate surface area is 120 Å². The number of aromatic nitrogens is 1. The van der Waals surface area contributed by atoms with Crippen LogP contribution in [0.1, 0.15) is 29.0 Å². The number of halogens is 1. The molecule has 0 unspecified atom stereocenters. The molecule has 1 aromatic carbocycles. The molecule has 0 bridgehead atoms. The highest BCUT2D eigenvalue weighted by molar-refractivity contribution is 9.10. The molecule has 0 spiro atoms. The number of nitrogens with zero attached hydrogens (tertiary/aromatic N) is 1. The van der Waals surface area contributed by atoms with Crippen LogP contribution < -0.4 is 11.1 Å². The maximum absolute atomic E-state index is 12.0. The number of anilines is 1. The lowest BCUT2D eigenvalue weighted by Crippen LogP contribution is -2.27. The third-order valence-corrected chi connectivity index (χ3v) is 3.21. The van der Waals surface area contributed by atoms with Gasteiger partial charge in [0.2, 0.25) is 0 Å². The number of pyridine rings is 1. The molecule has 0 aliphatic heterocycles. The SMILES string of the molecule is C[C@H](NC(=O)c1ccc(N)cn1)c1cccc(Br)c1. The van der Waals surface area contributed by atoms with Crippen molar-refractivity contribution in [3.63, 3.8) is 0 Å². The Morgan fingerprint density at radius 3 is 2.79 bits per heavy atom. The zero-order valence-electron chi connectivity index (χ0n) is 10.4. The van der Waals surface area contributed by atoms with E-state index in [1.165, 1.54) is 6.20 Å². The summed E-state index contributed by atoms with van der Waals surface area (Å²) in [4.78, 5) is 16.0. The minimum absolute atomic E-state index is 0.0932. The number of nitrogen functional groups attached to an aromatic ring is 1. The van der Waals surface area contributed by atoms with Gasteiger partial charge in [-0.05, 0) is 36.8 Å². The quantitative estimate of drug-likeness (QED) is 0.914. The van der Waals surface area contributed by atoms with Gasteiger partial charge in [-0.1, -0.05) is 28.1 Å². The van der Waals surface area contributed by atoms with Gasteiger partial charge in [0.15, 0.2) is 0 Å². The predicted molar refractivity (Wildman–Crippen MR) is 78.7 cm³/mol. The Morgan fingerprint density at radius 1 is 1.37 bits per heavy atom. The van der Waals surface area contributed by atoms with Crippen LogP contribution in [0.4, 0.5) is 5.69 Å². The number of benzene rings is 1. The van der Waals surface area contributed by atoms with E-state index < -0.39 is 0 Å². The highest BCUT2D eigenvalue weighted by atomic mass is 79.9. The first kappa shape index (κ1) is 13.5. The number of rotatable bonds is 3. The second kappa shape index (κ2) is 5.84. The van der Waals surface area contributed by atoms with Gasteiger partial charge >= 0.3 is 0 Å². The van der Waals surface area contributed by atoms with Crippen LogP contribution in [0.15, 0.2) is 47.1 Å². The van der Waals surface area contributed by atoms with Gasteiger partial charge in [-0.2, -0.15) is 0 Å². The number of nitrogens with one attached hydrogen (secondary N) is 1. The van der Waals surface area contributed by atoms with Gasteiger partial charge in [0.1, 0.15) is 5.69 Å². The highest BCUT2D eigenvalue weighted by Crippen LogP contribution is 2.18. The monoisotopic (exact) mass is 319 g/mol. The van der Waals surface area contributed by atoms with Crippen molar-refractivity contribution >= 4 is 27.5 Å². The smallest absolute Gasteiger partial charge is 0.270 e. The van der Waals surface area contributed by atoms with Gasteiger partial charge in [-0.15, -0.1) is 0 Å². The van der Waals surface area contributed by atoms with Crippen molar-refractivity contribution < 1.29 is 4.79 Å². The van der Waals surface area contributed by atoms with Gasteiger partial charge in [0.25, 0.3) is 5.91 Å². The number of amides is 1. The minimum atomic E-state index is -0.215. The predicted octanol–water partition coefficient (Wildman–Crippen LogP) is 2.92. The first-order chi connectivity index (χ1) is 9.06. The topological polar surface area (TPSA) is 68.0 Å². The molecule has 5 heteroatoms. The lowest BCUT2D eigenvalue weighted by molar-refractivity contribution is 0.0935. The van der Waals surface area contributed by atoms with Crippen molar-refractivity contribution in [1.82, 2.24) is 10.3 Å². The zero-order chi connectivity index (χ0) is 13.8. The summed E-state index contributed by atoms with van der Waals surface area (Å²) in [5.41, 5.74) is 7.46. The number of hydrogen-bond donors (Lipinski definition) is 2. The van der Waals surface area contributed by atoms with E-state index in [1.807, 2.05) is 31.2 Å². The van der Waals surface area contributed by atoms with Crippen molar-refractivity contribution in [3.05, 3.63) is 58.3 Å². The molecule has 0 radical (unpaired) electrons. The van der Waals surface area contributed by atoms with Crippen LogP contribution in [0, 0.1) is 0 Å². The van der Waals surface area contributed by atoms with E-state index in [0.717, 1.165) is 10.0 Å². The van der Waals surface area contributed by atoms with E-state index in [0.29, 0.717) is 11.4 Å². The Hall–Kier alpha value is -1.88. The molecule has 3 N–H and O–H groups in total. The molecule has 0 fully saturated rings. The summed E-state index contributed by atoms with van der Waals surface area (Å²) in [7, 11) is 0. The van der Waals surface area contributed by atoms with E-state index in [9.17, 15) is 4.79 Å². The highest BCUT2D eigenvalue weighted by Gasteiger charge is 2.12. The molecule has 0 saturated carbocycles. The van der Waals surface area contributed by atoms with E-state index in [4.69, 9.17) is 5.73 Å². The van der Waals surface area contributed by atoms with Gasteiger partial charge in [-0.3, -0.25) is 4.79 Å². The largest absolute Gasteiger partial charge is 0.397 e. The van der Waals surface area contributed by atoms with Crippen LogP contribution in [-0.4, -0.2) is 10.9 Å². The molecule has 4 nitrogen and oxygen atoms in total. The van der Waals surface area contributed by atoms with Crippen molar-refractivity contribution in [2.45, 2.75) is 13.0 Å². The van der Waals surface area contributed by atoms with E-state index >= 15 is 0 Å². The maximum Gasteiger partial charge on any atom is 0.270 e. The van der Waals surface area contributed by atoms with Crippen LogP contribution in [0.5, 0.6) is 0 Å². The fourth-order valence-electron chi connectivity index (χ4n) is 1.67. The van der Waals surface area contributed by atoms with Crippen LogP contribution in [0.2, 0.25) is 0 Å². The summed E-state index contributed by atoms with van der Waals surface area (Å²) in [6, 6.07) is 11.0. The summed E-state index contributed by atoms with van der Waals surface area (Å²) in [6.07, 6.45) is 1.47. The second-order valence-corrected chi connectivity index (χ2v) is 5.14. The summed E-state index contributed by atoms with van der Waals surface area (Å²) >= 11 is 3.41. The summed E-state index contributed by atoms with van der Waals surface area (Å²) in [6.45, 7) is 1.93. The van der Waals surface area contributed by atoms with Gasteiger partial charge in [0.05, 0.1) is 17.9 Å². The van der Waals surface area contributed by atoms with E-state index in [2.05, 4.69) is 26.2 Å². The molecule has 2 rings (SSSR count). The maximum atomic E-state index is 12.0. The fraction of sp³-hybridized carbons (Fsp3) is 0.143. The normalized spacial score (nSPS) is 11.9. The first-order valence-electron chi connectivity index (χ1n) is 5.84. The van der Waals surface area contributed by atoms with Crippen LogP contribution in [-0.2, 0) is 0 Å². The van der Waals surface area contributed by atoms with Crippen molar-refractivity contribution in [2.75, 3.05) is 5.73 Å². The van der Waals surface area contributed by atoms with E-state index in [1.54, 1.807) is 12.1 Å². The molecule has 1 heterocycles. The van der Waals surface area contributed by atoms with Crippen LogP contribution in [0.25, 0.3) is 0 Å².